The quantitative estimate of drug-likeness (QED) is 0.287. The molecule has 0 bridgehead atoms. The lowest BCUT2D eigenvalue weighted by atomic mass is 10.2. The number of halogens is 1. The van der Waals surface area contributed by atoms with Crippen LogP contribution in [0.2, 0.25) is 5.02 Å². The summed E-state index contributed by atoms with van der Waals surface area (Å²) in [7, 11) is 1.61. The van der Waals surface area contributed by atoms with E-state index in [-0.39, 0.29) is 17.2 Å². The zero-order valence-corrected chi connectivity index (χ0v) is 19.8. The second-order valence-corrected chi connectivity index (χ2v) is 9.30. The molecule has 0 aliphatic heterocycles. The van der Waals surface area contributed by atoms with Crippen molar-refractivity contribution in [3.8, 4) is 5.75 Å². The first kappa shape index (κ1) is 22.4. The first-order chi connectivity index (χ1) is 15.5. The number of methoxy groups -OCH3 is 1. The Morgan fingerprint density at radius 2 is 2.00 bits per heavy atom. The number of fused-ring (bicyclic) bond motifs is 1. The number of carbonyl (C=O) groups excluding carboxylic acids is 1. The summed E-state index contributed by atoms with van der Waals surface area (Å²) in [6.45, 7) is 2.23. The van der Waals surface area contributed by atoms with E-state index in [1.807, 2.05) is 54.8 Å². The number of anilines is 1. The van der Waals surface area contributed by atoms with Gasteiger partial charge in [0, 0.05) is 0 Å². The molecule has 2 aromatic heterocycles. The Kier molecular flexibility index (Phi) is 6.83. The van der Waals surface area contributed by atoms with Gasteiger partial charge in [0.2, 0.25) is 5.91 Å². The largest absolute Gasteiger partial charge is 0.497 e. The number of aromatic nitrogens is 2. The summed E-state index contributed by atoms with van der Waals surface area (Å²) in [5.41, 5.74) is 2.92. The Labute approximate surface area is 198 Å². The first-order valence-electron chi connectivity index (χ1n) is 9.75. The van der Waals surface area contributed by atoms with E-state index in [4.69, 9.17) is 16.3 Å². The predicted octanol–water partition coefficient (Wildman–Crippen LogP) is 5.21. The monoisotopic (exact) mass is 485 g/mol. The highest BCUT2D eigenvalue weighted by Crippen LogP contribution is 2.26. The maximum atomic E-state index is 13.1. The molecule has 0 aliphatic carbocycles. The van der Waals surface area contributed by atoms with Crippen LogP contribution in [0.3, 0.4) is 0 Å². The maximum absolute atomic E-state index is 13.1. The van der Waals surface area contributed by atoms with Crippen molar-refractivity contribution in [1.29, 1.82) is 0 Å². The minimum atomic E-state index is -0.220. The number of nitrogens with one attached hydrogen (secondary N) is 1. The lowest BCUT2D eigenvalue weighted by Gasteiger charge is -2.13. The van der Waals surface area contributed by atoms with Crippen LogP contribution in [-0.2, 0) is 11.3 Å². The SMILES string of the molecule is COc1ccc(Cn2c(SCC(=O)Nc3c(C)cccc3Cl)nc3ccsc3c2=O)cc1. The van der Waals surface area contributed by atoms with Gasteiger partial charge in [0.25, 0.3) is 5.56 Å². The molecular weight excluding hydrogens is 466 g/mol. The smallest absolute Gasteiger partial charge is 0.272 e. The van der Waals surface area contributed by atoms with E-state index in [1.54, 1.807) is 17.7 Å². The molecule has 4 rings (SSSR count). The normalized spacial score (nSPS) is 11.0. The van der Waals surface area contributed by atoms with Crippen LogP contribution in [0.4, 0.5) is 5.69 Å². The summed E-state index contributed by atoms with van der Waals surface area (Å²) >= 11 is 8.80. The highest BCUT2D eigenvalue weighted by Gasteiger charge is 2.16. The van der Waals surface area contributed by atoms with Crippen LogP contribution in [0.25, 0.3) is 10.2 Å². The van der Waals surface area contributed by atoms with Crippen molar-refractivity contribution in [1.82, 2.24) is 9.55 Å². The van der Waals surface area contributed by atoms with Crippen molar-refractivity contribution in [3.05, 3.63) is 80.4 Å². The second kappa shape index (κ2) is 9.77. The van der Waals surface area contributed by atoms with Gasteiger partial charge in [-0.3, -0.25) is 14.2 Å². The average Bonchev–Trinajstić information content (AvgIpc) is 3.26. The summed E-state index contributed by atoms with van der Waals surface area (Å²) in [5.74, 6) is 0.617. The van der Waals surface area contributed by atoms with Crippen molar-refractivity contribution in [2.45, 2.75) is 18.6 Å². The van der Waals surface area contributed by atoms with Gasteiger partial charge >= 0.3 is 0 Å². The van der Waals surface area contributed by atoms with Gasteiger partial charge in [-0.25, -0.2) is 4.98 Å². The van der Waals surface area contributed by atoms with E-state index in [2.05, 4.69) is 10.3 Å². The molecule has 0 atom stereocenters. The third-order valence-corrected chi connectivity index (χ3v) is 7.03. The molecule has 6 nitrogen and oxygen atoms in total. The van der Waals surface area contributed by atoms with E-state index >= 15 is 0 Å². The van der Waals surface area contributed by atoms with Crippen LogP contribution in [-0.4, -0.2) is 28.3 Å². The highest BCUT2D eigenvalue weighted by atomic mass is 35.5. The molecule has 0 spiro atoms. The van der Waals surface area contributed by atoms with Crippen molar-refractivity contribution in [2.75, 3.05) is 18.2 Å². The van der Waals surface area contributed by atoms with Crippen molar-refractivity contribution >= 4 is 56.5 Å². The number of hydrogen-bond donors (Lipinski definition) is 1. The zero-order valence-electron chi connectivity index (χ0n) is 17.4. The van der Waals surface area contributed by atoms with Gasteiger partial charge in [0.05, 0.1) is 35.6 Å². The topological polar surface area (TPSA) is 73.2 Å². The lowest BCUT2D eigenvalue weighted by molar-refractivity contribution is -0.113. The number of nitrogens with zero attached hydrogens (tertiary/aromatic N) is 2. The van der Waals surface area contributed by atoms with E-state index in [1.165, 1.54) is 23.1 Å². The third-order valence-electron chi connectivity index (χ3n) is 4.85. The molecule has 4 aromatic rings. The number of para-hydroxylation sites is 1. The average molecular weight is 486 g/mol. The Morgan fingerprint density at radius 1 is 1.22 bits per heavy atom. The molecule has 0 saturated carbocycles. The summed E-state index contributed by atoms with van der Waals surface area (Å²) in [4.78, 5) is 30.4. The van der Waals surface area contributed by atoms with Crippen LogP contribution in [0.1, 0.15) is 11.1 Å². The molecule has 0 saturated heterocycles. The summed E-state index contributed by atoms with van der Waals surface area (Å²) in [6.07, 6.45) is 0. The molecule has 0 aliphatic rings. The minimum Gasteiger partial charge on any atom is -0.497 e. The molecule has 1 amide bonds. The number of aryl methyl sites for hydroxylation is 1. The fraction of sp³-hybridized carbons (Fsp3) is 0.174. The van der Waals surface area contributed by atoms with Crippen LogP contribution in [0.15, 0.2) is 63.9 Å². The van der Waals surface area contributed by atoms with Crippen molar-refractivity contribution < 1.29 is 9.53 Å². The van der Waals surface area contributed by atoms with Gasteiger partial charge in [-0.15, -0.1) is 11.3 Å². The van der Waals surface area contributed by atoms with E-state index in [0.29, 0.717) is 32.6 Å². The van der Waals surface area contributed by atoms with Crippen LogP contribution in [0.5, 0.6) is 5.75 Å². The Bertz CT molecular complexity index is 1310. The van der Waals surface area contributed by atoms with Crippen molar-refractivity contribution in [3.63, 3.8) is 0 Å². The Hall–Kier alpha value is -2.81. The number of amides is 1. The van der Waals surface area contributed by atoms with Crippen molar-refractivity contribution in [2.24, 2.45) is 0 Å². The molecule has 2 heterocycles. The van der Waals surface area contributed by atoms with Gasteiger partial charge in [-0.1, -0.05) is 47.6 Å². The van der Waals surface area contributed by atoms with Gasteiger partial charge in [-0.05, 0) is 47.7 Å². The summed E-state index contributed by atoms with van der Waals surface area (Å²) in [5, 5.41) is 5.68. The molecule has 0 fully saturated rings. The minimum absolute atomic E-state index is 0.0926. The van der Waals surface area contributed by atoms with Crippen LogP contribution < -0.4 is 15.6 Å². The number of thiophene rings is 1. The lowest BCUT2D eigenvalue weighted by Crippen LogP contribution is -2.24. The van der Waals surface area contributed by atoms with Gasteiger partial charge in [0.1, 0.15) is 10.4 Å². The van der Waals surface area contributed by atoms with Crippen LogP contribution in [0, 0.1) is 6.92 Å². The Balaban J connectivity index is 1.59. The number of carbonyl (C=O) groups is 1. The van der Waals surface area contributed by atoms with Gasteiger partial charge in [0.15, 0.2) is 5.16 Å². The second-order valence-electron chi connectivity index (χ2n) is 7.04. The Morgan fingerprint density at radius 3 is 2.72 bits per heavy atom. The number of hydrogen-bond acceptors (Lipinski definition) is 6. The maximum Gasteiger partial charge on any atom is 0.272 e. The number of ether oxygens (including phenoxy) is 1. The molecule has 164 valence electrons. The molecule has 1 N–H and O–H groups in total. The number of rotatable bonds is 7. The summed E-state index contributed by atoms with van der Waals surface area (Å²) in [6, 6.07) is 14.8. The number of thioether (sulfide) groups is 1. The standard InChI is InChI=1S/C23H20ClN3O3S2/c1-14-4-3-5-17(24)20(14)26-19(28)13-32-23-25-18-10-11-31-21(18)22(29)27(23)12-15-6-8-16(30-2)9-7-15/h3-11H,12-13H2,1-2H3,(H,26,28). The molecule has 0 radical (unpaired) electrons. The predicted molar refractivity (Wildman–Crippen MR) is 132 cm³/mol. The summed E-state index contributed by atoms with van der Waals surface area (Å²) < 4.78 is 7.41. The zero-order chi connectivity index (χ0) is 22.7. The first-order valence-corrected chi connectivity index (χ1v) is 12.0. The van der Waals surface area contributed by atoms with Gasteiger partial charge in [-0.2, -0.15) is 0 Å². The van der Waals surface area contributed by atoms with E-state index < -0.39 is 0 Å². The molecule has 9 heteroatoms. The molecule has 0 unspecified atom stereocenters. The van der Waals surface area contributed by atoms with E-state index in [0.717, 1.165) is 16.9 Å². The van der Waals surface area contributed by atoms with Crippen LogP contribution >= 0.6 is 34.7 Å². The fourth-order valence-electron chi connectivity index (χ4n) is 3.18. The molecule has 32 heavy (non-hydrogen) atoms. The third kappa shape index (κ3) is 4.82. The highest BCUT2D eigenvalue weighted by molar-refractivity contribution is 7.99. The molecular formula is C23H20ClN3O3S2. The molecule has 2 aromatic carbocycles. The van der Waals surface area contributed by atoms with E-state index in [9.17, 15) is 9.59 Å². The fourth-order valence-corrected chi connectivity index (χ4v) is 5.03. The van der Waals surface area contributed by atoms with Gasteiger partial charge < -0.3 is 10.1 Å². The number of benzene rings is 2.